The zero-order valence-electron chi connectivity index (χ0n) is 5.33. The first-order valence-corrected chi connectivity index (χ1v) is 3.42. The van der Waals surface area contributed by atoms with Crippen LogP contribution in [-0.4, -0.2) is 34.4 Å². The van der Waals surface area contributed by atoms with Crippen LogP contribution < -0.4 is 5.32 Å². The highest BCUT2D eigenvalue weighted by Gasteiger charge is 2.31. The Morgan fingerprint density at radius 3 is 2.00 bits per heavy atom. The minimum atomic E-state index is -1.33. The lowest BCUT2D eigenvalue weighted by molar-refractivity contribution is -0.138. The lowest BCUT2D eigenvalue weighted by Crippen LogP contribution is -2.52. The molecule has 0 spiro atoms. The molecule has 0 bridgehead atoms. The fraction of sp³-hybridized carbons (Fsp3) is 0.400. The number of aliphatic carboxylic acids is 1. The van der Waals surface area contributed by atoms with Crippen LogP contribution in [-0.2, 0) is 4.79 Å². The lowest BCUT2D eigenvalue weighted by Gasteiger charge is -2.17. The summed E-state index contributed by atoms with van der Waals surface area (Å²) < 4.78 is 0. The van der Waals surface area contributed by atoms with Crippen LogP contribution in [0.15, 0.2) is 0 Å². The molecular weight excluding hydrogens is 170 g/mol. The Morgan fingerprint density at radius 1 is 1.60 bits per heavy atom. The van der Waals surface area contributed by atoms with Crippen molar-refractivity contribution in [2.24, 2.45) is 0 Å². The van der Waals surface area contributed by atoms with Crippen LogP contribution in [0.3, 0.4) is 0 Å². The van der Waals surface area contributed by atoms with Crippen molar-refractivity contribution >= 4 is 41.1 Å². The van der Waals surface area contributed by atoms with Crippen molar-refractivity contribution in [1.82, 2.24) is 5.32 Å². The summed E-state index contributed by atoms with van der Waals surface area (Å²) in [7, 11) is 1.49. The van der Waals surface area contributed by atoms with Gasteiger partial charge >= 0.3 is 5.97 Å². The number of nitrogens with one attached hydrogen (secondary N) is 1. The van der Waals surface area contributed by atoms with E-state index >= 15 is 0 Å². The third-order valence-electron chi connectivity index (χ3n) is 1.14. The molecule has 0 aromatic carbocycles. The van der Waals surface area contributed by atoms with Crippen molar-refractivity contribution in [3.05, 3.63) is 0 Å². The first-order valence-electron chi connectivity index (χ1n) is 2.48. The molecule has 56 valence electrons. The highest BCUT2D eigenvalue weighted by Crippen LogP contribution is 1.97. The number of likely N-dealkylation sites (N-methyl/N-ethyl adjacent to an activating group) is 1. The number of thiocarbonyl (C=S) groups is 2. The molecule has 0 aliphatic heterocycles. The quantitative estimate of drug-likeness (QED) is 0.593. The summed E-state index contributed by atoms with van der Waals surface area (Å²) in [5, 5.41) is 13.2. The Morgan fingerprint density at radius 2 is 2.00 bits per heavy atom. The van der Waals surface area contributed by atoms with Crippen LogP contribution >= 0.6 is 24.4 Å². The van der Waals surface area contributed by atoms with Gasteiger partial charge in [0.1, 0.15) is 0 Å². The first-order chi connectivity index (χ1) is 4.63. The fourth-order valence-corrected chi connectivity index (χ4v) is 1.01. The minimum absolute atomic E-state index is 1.08. The van der Waals surface area contributed by atoms with E-state index in [9.17, 15) is 4.79 Å². The van der Waals surface area contributed by atoms with Crippen LogP contribution in [0.2, 0.25) is 0 Å². The number of hydrogen-bond donors (Lipinski definition) is 2. The molecule has 0 aromatic heterocycles. The Balaban J connectivity index is 4.63. The van der Waals surface area contributed by atoms with Crippen LogP contribution in [0.1, 0.15) is 0 Å². The Labute approximate surface area is 69.4 Å². The molecule has 10 heavy (non-hydrogen) atoms. The average Bonchev–Trinajstić information content (AvgIpc) is 1.92. The van der Waals surface area contributed by atoms with Crippen LogP contribution in [0.4, 0.5) is 0 Å². The standard InChI is InChI=1S/C5H7NO2S2/c1-6-5(2-9,3-10)4(7)8/h2-3,6H,1H3,(H,7,8). The van der Waals surface area contributed by atoms with Gasteiger partial charge in [-0.2, -0.15) is 0 Å². The largest absolute Gasteiger partial charge is 0.479 e. The van der Waals surface area contributed by atoms with Gasteiger partial charge in [0.25, 0.3) is 0 Å². The Bertz CT molecular complexity index is 161. The van der Waals surface area contributed by atoms with Crippen LogP contribution in [0.5, 0.6) is 0 Å². The number of rotatable bonds is 4. The van der Waals surface area contributed by atoms with E-state index in [0.717, 1.165) is 10.7 Å². The third-order valence-corrected chi connectivity index (χ3v) is 1.88. The molecule has 0 heterocycles. The SMILES string of the molecule is CNC(C=S)(C=S)C(=O)O. The summed E-state index contributed by atoms with van der Waals surface area (Å²) in [5.74, 6) is -1.08. The third kappa shape index (κ3) is 1.56. The van der Waals surface area contributed by atoms with Gasteiger partial charge in [-0.15, -0.1) is 0 Å². The van der Waals surface area contributed by atoms with Crippen molar-refractivity contribution in [2.45, 2.75) is 5.54 Å². The van der Waals surface area contributed by atoms with Gasteiger partial charge in [-0.25, -0.2) is 4.79 Å². The van der Waals surface area contributed by atoms with Gasteiger partial charge in [0.2, 0.25) is 0 Å². The normalized spacial score (nSPS) is 10.5. The molecule has 0 aromatic rings. The summed E-state index contributed by atoms with van der Waals surface area (Å²) >= 11 is 8.99. The number of hydrogen-bond acceptors (Lipinski definition) is 4. The van der Waals surface area contributed by atoms with Crippen molar-refractivity contribution in [3.8, 4) is 0 Å². The highest BCUT2D eigenvalue weighted by molar-refractivity contribution is 7.81. The molecular formula is C5H7NO2S2. The molecule has 0 fully saturated rings. The maximum atomic E-state index is 10.5. The van der Waals surface area contributed by atoms with E-state index in [1.807, 2.05) is 0 Å². The Kier molecular flexibility index (Phi) is 3.55. The van der Waals surface area contributed by atoms with Crippen molar-refractivity contribution in [1.29, 1.82) is 0 Å². The Hall–Kier alpha value is -0.390. The van der Waals surface area contributed by atoms with Gasteiger partial charge in [0.05, 0.1) is 0 Å². The predicted octanol–water partition coefficient (Wildman–Crippen LogP) is 0.0286. The fourth-order valence-electron chi connectivity index (χ4n) is 0.353. The second-order valence-electron chi connectivity index (χ2n) is 1.66. The number of carboxylic acid groups (broad SMARTS) is 1. The van der Waals surface area contributed by atoms with Gasteiger partial charge in [0, 0.05) is 10.7 Å². The molecule has 0 atom stereocenters. The molecule has 0 radical (unpaired) electrons. The highest BCUT2D eigenvalue weighted by atomic mass is 32.1. The minimum Gasteiger partial charge on any atom is -0.479 e. The van der Waals surface area contributed by atoms with Crippen LogP contribution in [0, 0.1) is 0 Å². The number of carboxylic acids is 1. The molecule has 2 N–H and O–H groups in total. The van der Waals surface area contributed by atoms with Gasteiger partial charge in [0.15, 0.2) is 5.54 Å². The van der Waals surface area contributed by atoms with Gasteiger partial charge < -0.3 is 5.11 Å². The molecule has 0 saturated carbocycles. The van der Waals surface area contributed by atoms with E-state index in [-0.39, 0.29) is 0 Å². The summed E-state index contributed by atoms with van der Waals surface area (Å²) in [6, 6.07) is 0. The maximum absolute atomic E-state index is 10.5. The summed E-state index contributed by atoms with van der Waals surface area (Å²) in [4.78, 5) is 10.5. The van der Waals surface area contributed by atoms with E-state index in [0.29, 0.717) is 0 Å². The predicted molar refractivity (Wildman–Crippen MR) is 46.7 cm³/mol. The lowest BCUT2D eigenvalue weighted by atomic mass is 10.1. The molecule has 0 aliphatic rings. The van der Waals surface area contributed by atoms with Crippen molar-refractivity contribution in [3.63, 3.8) is 0 Å². The van der Waals surface area contributed by atoms with E-state index in [1.165, 1.54) is 7.05 Å². The summed E-state index contributed by atoms with van der Waals surface area (Å²) in [5.41, 5.74) is -1.33. The second kappa shape index (κ2) is 3.70. The van der Waals surface area contributed by atoms with Gasteiger partial charge in [-0.3, -0.25) is 5.32 Å². The zero-order chi connectivity index (χ0) is 8.20. The molecule has 5 heteroatoms. The van der Waals surface area contributed by atoms with E-state index < -0.39 is 11.5 Å². The monoisotopic (exact) mass is 177 g/mol. The van der Waals surface area contributed by atoms with E-state index in [4.69, 9.17) is 5.11 Å². The topological polar surface area (TPSA) is 49.3 Å². The molecule has 0 unspecified atom stereocenters. The average molecular weight is 177 g/mol. The summed E-state index contributed by atoms with van der Waals surface area (Å²) in [6.07, 6.45) is 0. The number of carbonyl (C=O) groups is 1. The van der Waals surface area contributed by atoms with Crippen molar-refractivity contribution < 1.29 is 9.90 Å². The zero-order valence-corrected chi connectivity index (χ0v) is 6.96. The van der Waals surface area contributed by atoms with E-state index in [2.05, 4.69) is 29.8 Å². The second-order valence-corrected chi connectivity index (χ2v) is 2.13. The smallest absolute Gasteiger partial charge is 0.333 e. The first kappa shape index (κ1) is 9.61. The van der Waals surface area contributed by atoms with Gasteiger partial charge in [-0.05, 0) is 7.05 Å². The van der Waals surface area contributed by atoms with Crippen molar-refractivity contribution in [2.75, 3.05) is 7.05 Å². The van der Waals surface area contributed by atoms with Gasteiger partial charge in [-0.1, -0.05) is 24.4 Å². The summed E-state index contributed by atoms with van der Waals surface area (Å²) in [6.45, 7) is 0. The van der Waals surface area contributed by atoms with E-state index in [1.54, 1.807) is 0 Å². The molecule has 3 nitrogen and oxygen atoms in total. The molecule has 0 saturated heterocycles. The molecule has 0 rings (SSSR count). The molecule has 0 aliphatic carbocycles. The maximum Gasteiger partial charge on any atom is 0.333 e. The molecule has 0 amide bonds. The van der Waals surface area contributed by atoms with Crippen LogP contribution in [0.25, 0.3) is 0 Å².